The van der Waals surface area contributed by atoms with Gasteiger partial charge in [-0.15, -0.1) is 16.9 Å². The van der Waals surface area contributed by atoms with Crippen LogP contribution in [0.15, 0.2) is 20.0 Å². The Kier molecular flexibility index (Phi) is 12.7. The van der Waals surface area contributed by atoms with Crippen molar-refractivity contribution in [3.8, 4) is 0 Å². The number of hydrogen-bond acceptors (Lipinski definition) is 16. The number of thioether (sulfide) groups is 3. The summed E-state index contributed by atoms with van der Waals surface area (Å²) < 4.78 is 17.4. The summed E-state index contributed by atoms with van der Waals surface area (Å²) in [6, 6.07) is -1.06. The molecular formula is C22H27ClFN9O5S5. The van der Waals surface area contributed by atoms with Crippen LogP contribution in [0.1, 0.15) is 11.4 Å². The second-order valence-electron chi connectivity index (χ2n) is 8.59. The number of β-lactam (4-membered cyclic amide) rings is 1. The molecule has 2 aliphatic rings. The molecule has 1 saturated heterocycles. The van der Waals surface area contributed by atoms with Gasteiger partial charge in [0.05, 0.1) is 5.69 Å². The molecule has 0 spiro atoms. The number of halogens is 2. The molecule has 2 aromatic rings. The van der Waals surface area contributed by atoms with E-state index in [9.17, 15) is 23.9 Å². The molecule has 2 atom stereocenters. The maximum atomic E-state index is 13.2. The Morgan fingerprint density at radius 1 is 1.35 bits per heavy atom. The van der Waals surface area contributed by atoms with Crippen LogP contribution in [0.2, 0.25) is 4.34 Å². The van der Waals surface area contributed by atoms with E-state index in [2.05, 4.69) is 35.7 Å². The van der Waals surface area contributed by atoms with E-state index >= 15 is 0 Å². The number of aromatic nitrogens is 3. The SMILES string of the molecule is CNCCNCCSCc1nnsc1SC1=C(C(=O)O)N2C(=O)[C@@H](NC(=O)/C(=N\OCCF)c3nc(N)sc3Cl)[C@H]2SC1. The summed E-state index contributed by atoms with van der Waals surface area (Å²) in [6.07, 6.45) is 0. The van der Waals surface area contributed by atoms with Crippen LogP contribution < -0.4 is 21.7 Å². The summed E-state index contributed by atoms with van der Waals surface area (Å²) in [4.78, 5) is 49.1. The van der Waals surface area contributed by atoms with Crippen LogP contribution in [0.25, 0.3) is 0 Å². The molecule has 2 aromatic heterocycles. The zero-order valence-electron chi connectivity index (χ0n) is 22.5. The number of alkyl halides is 1. The number of fused-ring (bicyclic) bond motifs is 1. The predicted octanol–water partition coefficient (Wildman–Crippen LogP) is 1.45. The number of amides is 2. The predicted molar refractivity (Wildman–Crippen MR) is 168 cm³/mol. The van der Waals surface area contributed by atoms with E-state index in [1.165, 1.54) is 35.1 Å². The van der Waals surface area contributed by atoms with Gasteiger partial charge < -0.3 is 31.6 Å². The lowest BCUT2D eigenvalue weighted by Gasteiger charge is -2.49. The van der Waals surface area contributed by atoms with Gasteiger partial charge in [-0.05, 0) is 18.6 Å². The van der Waals surface area contributed by atoms with Gasteiger partial charge >= 0.3 is 5.97 Å². The molecule has 0 radical (unpaired) electrons. The van der Waals surface area contributed by atoms with Crippen molar-refractivity contribution in [2.24, 2.45) is 5.16 Å². The van der Waals surface area contributed by atoms with Crippen LogP contribution in [0.5, 0.6) is 0 Å². The number of thiazole rings is 1. The number of nitrogens with two attached hydrogens (primary N) is 1. The summed E-state index contributed by atoms with van der Waals surface area (Å²) in [7, 11) is 1.90. The molecule has 234 valence electrons. The Labute approximate surface area is 271 Å². The molecule has 6 N–H and O–H groups in total. The van der Waals surface area contributed by atoms with Crippen molar-refractivity contribution in [3.63, 3.8) is 0 Å². The van der Waals surface area contributed by atoms with Crippen molar-refractivity contribution in [1.29, 1.82) is 0 Å². The maximum absolute atomic E-state index is 13.2. The Balaban J connectivity index is 1.43. The van der Waals surface area contributed by atoms with Gasteiger partial charge in [0.25, 0.3) is 11.8 Å². The Morgan fingerprint density at radius 3 is 2.86 bits per heavy atom. The molecule has 0 unspecified atom stereocenters. The van der Waals surface area contributed by atoms with Crippen molar-refractivity contribution in [2.75, 3.05) is 57.2 Å². The van der Waals surface area contributed by atoms with E-state index in [4.69, 9.17) is 22.2 Å². The Morgan fingerprint density at radius 2 is 2.16 bits per heavy atom. The van der Waals surface area contributed by atoms with E-state index in [1.807, 2.05) is 7.05 Å². The number of carbonyl (C=O) groups is 3. The number of oxime groups is 1. The number of likely N-dealkylation sites (N-methyl/N-ethyl adjacent to an activating group) is 1. The number of carboxylic acid groups (broad SMARTS) is 1. The van der Waals surface area contributed by atoms with Crippen LogP contribution in [0.3, 0.4) is 0 Å². The maximum Gasteiger partial charge on any atom is 0.353 e. The first kappa shape index (κ1) is 33.7. The summed E-state index contributed by atoms with van der Waals surface area (Å²) >= 11 is 12.4. The minimum atomic E-state index is -1.27. The normalized spacial score (nSPS) is 18.4. The van der Waals surface area contributed by atoms with Gasteiger partial charge in [0, 0.05) is 41.8 Å². The molecule has 14 nitrogen and oxygen atoms in total. The fourth-order valence-corrected chi connectivity index (χ4v) is 9.10. The molecule has 1 fully saturated rings. The van der Waals surface area contributed by atoms with Gasteiger partial charge in [0.15, 0.2) is 10.8 Å². The Bertz CT molecular complexity index is 1390. The number of anilines is 1. The molecule has 0 aromatic carbocycles. The molecule has 2 aliphatic heterocycles. The van der Waals surface area contributed by atoms with Gasteiger partial charge in [-0.3, -0.25) is 14.5 Å². The number of carboxylic acids is 1. The minimum Gasteiger partial charge on any atom is -0.477 e. The first-order valence-corrected chi connectivity index (χ1v) is 17.6. The smallest absolute Gasteiger partial charge is 0.353 e. The van der Waals surface area contributed by atoms with Crippen LogP contribution in [-0.4, -0.2) is 111 Å². The molecule has 0 saturated carbocycles. The van der Waals surface area contributed by atoms with E-state index in [1.54, 1.807) is 11.8 Å². The van der Waals surface area contributed by atoms with E-state index in [0.717, 1.165) is 51.5 Å². The first-order chi connectivity index (χ1) is 20.8. The molecule has 43 heavy (non-hydrogen) atoms. The van der Waals surface area contributed by atoms with Crippen LogP contribution >= 0.6 is 69.8 Å². The van der Waals surface area contributed by atoms with Gasteiger partial charge in [0.1, 0.15) is 44.6 Å². The van der Waals surface area contributed by atoms with E-state index in [0.29, 0.717) is 10.7 Å². The number of carbonyl (C=O) groups excluding carboxylic acids is 2. The van der Waals surface area contributed by atoms with Crippen molar-refractivity contribution in [2.45, 2.75) is 21.4 Å². The third kappa shape index (κ3) is 8.29. The van der Waals surface area contributed by atoms with Gasteiger partial charge in [-0.25, -0.2) is 14.2 Å². The summed E-state index contributed by atoms with van der Waals surface area (Å²) in [5.41, 5.74) is 5.81. The molecule has 0 bridgehead atoms. The fraction of sp³-hybridized carbons (Fsp3) is 0.500. The third-order valence-electron chi connectivity index (χ3n) is 5.74. The highest BCUT2D eigenvalue weighted by molar-refractivity contribution is 8.07. The van der Waals surface area contributed by atoms with E-state index in [-0.39, 0.29) is 32.3 Å². The highest BCUT2D eigenvalue weighted by Gasteiger charge is 2.54. The summed E-state index contributed by atoms with van der Waals surface area (Å²) in [5.74, 6) is -0.973. The number of rotatable bonds is 17. The largest absolute Gasteiger partial charge is 0.477 e. The number of hydrogen-bond donors (Lipinski definition) is 5. The summed E-state index contributed by atoms with van der Waals surface area (Å²) in [6.45, 7) is 1.34. The highest BCUT2D eigenvalue weighted by Crippen LogP contribution is 2.46. The standard InChI is InChI=1S/C22H27ClFN9O5S5/c1-26-3-4-27-5-7-39-8-10-21(43-32-30-10)41-11-9-40-19-14(18(35)33(19)15(11)20(36)37)28-17(34)13(31-38-6-2-24)12-16(23)42-22(25)29-12/h14,19,26-27H,2-9H2,1H3,(H2,25,29)(H,28,34)(H,36,37)/b31-13-/t14-,19-/m1/s1. The Hall–Kier alpha value is -2.20. The molecular weight excluding hydrogens is 685 g/mol. The number of aliphatic carboxylic acids is 1. The van der Waals surface area contributed by atoms with Crippen molar-refractivity contribution in [3.05, 3.63) is 26.3 Å². The average molecular weight is 712 g/mol. The van der Waals surface area contributed by atoms with Crippen LogP contribution in [-0.2, 0) is 25.0 Å². The van der Waals surface area contributed by atoms with Gasteiger partial charge in [-0.2, -0.15) is 11.8 Å². The lowest BCUT2D eigenvalue weighted by Crippen LogP contribution is -2.71. The zero-order chi connectivity index (χ0) is 30.9. The van der Waals surface area contributed by atoms with Crippen molar-refractivity contribution in [1.82, 2.24) is 35.4 Å². The lowest BCUT2D eigenvalue weighted by atomic mass is 10.0. The molecule has 0 aliphatic carbocycles. The first-order valence-electron chi connectivity index (χ1n) is 12.6. The second-order valence-corrected chi connectivity index (χ2v) is 14.6. The van der Waals surface area contributed by atoms with E-state index < -0.39 is 42.5 Å². The van der Waals surface area contributed by atoms with Gasteiger partial charge in [0.2, 0.25) is 0 Å². The molecule has 4 heterocycles. The topological polar surface area (TPSA) is 197 Å². The minimum absolute atomic E-state index is 0.0538. The molecule has 4 rings (SSSR count). The summed E-state index contributed by atoms with van der Waals surface area (Å²) in [5, 5.41) is 26.3. The van der Waals surface area contributed by atoms with Crippen molar-refractivity contribution >= 4 is 98.4 Å². The number of nitrogens with zero attached hydrogens (tertiary/aromatic N) is 5. The van der Waals surface area contributed by atoms with Crippen LogP contribution in [0.4, 0.5) is 9.52 Å². The number of nitrogen functional groups attached to an aromatic ring is 1. The lowest BCUT2D eigenvalue weighted by molar-refractivity contribution is -0.150. The highest BCUT2D eigenvalue weighted by atomic mass is 35.5. The monoisotopic (exact) mass is 711 g/mol. The van der Waals surface area contributed by atoms with Crippen LogP contribution in [0, 0.1) is 0 Å². The zero-order valence-corrected chi connectivity index (χ0v) is 27.3. The number of nitrogens with one attached hydrogen (secondary N) is 3. The van der Waals surface area contributed by atoms with Crippen molar-refractivity contribution < 1.29 is 28.7 Å². The molecule has 2 amide bonds. The molecule has 21 heteroatoms. The van der Waals surface area contributed by atoms with Gasteiger partial charge in [-0.1, -0.05) is 44.3 Å². The quantitative estimate of drug-likeness (QED) is 0.0684. The average Bonchev–Trinajstić information content (AvgIpc) is 3.57. The fourth-order valence-electron chi connectivity index (χ4n) is 3.81. The second kappa shape index (κ2) is 16.2. The third-order valence-corrected chi connectivity index (χ3v) is 11.3.